The fourth-order valence-electron chi connectivity index (χ4n) is 2.12. The second kappa shape index (κ2) is 6.93. The van der Waals surface area contributed by atoms with Crippen molar-refractivity contribution < 1.29 is 17.9 Å². The smallest absolute Gasteiger partial charge is 0.407 e. The zero-order chi connectivity index (χ0) is 16.3. The fraction of sp³-hybridized carbons (Fsp3) is 0.923. The molecule has 124 valence electrons. The normalized spacial score (nSPS) is 18.8. The first kappa shape index (κ1) is 18.2. The molecule has 0 aromatic rings. The van der Waals surface area contributed by atoms with Gasteiger partial charge in [0.2, 0.25) is 0 Å². The molecular weight excluding hydrogens is 294 g/mol. The zero-order valence-corrected chi connectivity index (χ0v) is 14.4. The molecule has 1 amide bonds. The second-order valence-corrected chi connectivity index (χ2v) is 8.66. The summed E-state index contributed by atoms with van der Waals surface area (Å²) in [4.78, 5) is 11.6. The summed E-state index contributed by atoms with van der Waals surface area (Å²) in [6.07, 6.45) is 1.05. The summed E-state index contributed by atoms with van der Waals surface area (Å²) in [5.41, 5.74) is -0.507. The first-order chi connectivity index (χ1) is 9.52. The predicted octanol–water partition coefficient (Wildman–Crippen LogP) is 1.03. The molecule has 0 spiro atoms. The highest BCUT2D eigenvalue weighted by Crippen LogP contribution is 2.20. The lowest BCUT2D eigenvalue weighted by molar-refractivity contribution is 0.0513. The van der Waals surface area contributed by atoms with Crippen LogP contribution < -0.4 is 5.32 Å². The second-order valence-electron chi connectivity index (χ2n) is 6.52. The van der Waals surface area contributed by atoms with E-state index in [1.165, 1.54) is 22.7 Å². The van der Waals surface area contributed by atoms with Crippen molar-refractivity contribution in [2.45, 2.75) is 39.2 Å². The van der Waals surface area contributed by atoms with Gasteiger partial charge >= 0.3 is 6.09 Å². The molecular formula is C13H27N3O4S. The summed E-state index contributed by atoms with van der Waals surface area (Å²) in [6.45, 7) is 6.94. The minimum absolute atomic E-state index is 0.283. The molecule has 0 atom stereocenters. The van der Waals surface area contributed by atoms with Crippen molar-refractivity contribution in [2.75, 3.05) is 33.7 Å². The summed E-state index contributed by atoms with van der Waals surface area (Å²) >= 11 is 0. The molecule has 1 aliphatic rings. The topological polar surface area (TPSA) is 79.0 Å². The number of nitrogens with zero attached hydrogens (tertiary/aromatic N) is 2. The Labute approximate surface area is 127 Å². The number of carbonyl (C=O) groups excluding carboxylic acids is 1. The van der Waals surface area contributed by atoms with Crippen LogP contribution >= 0.6 is 0 Å². The van der Waals surface area contributed by atoms with E-state index >= 15 is 0 Å². The highest BCUT2D eigenvalue weighted by atomic mass is 32.2. The van der Waals surface area contributed by atoms with Crippen LogP contribution in [0.1, 0.15) is 33.6 Å². The Balaban J connectivity index is 2.36. The average Bonchev–Trinajstić information content (AvgIpc) is 2.34. The van der Waals surface area contributed by atoms with E-state index in [4.69, 9.17) is 4.74 Å². The van der Waals surface area contributed by atoms with Crippen LogP contribution in [-0.4, -0.2) is 62.5 Å². The number of ether oxygens (including phenoxy) is 1. The predicted molar refractivity (Wildman–Crippen MR) is 81.1 cm³/mol. The summed E-state index contributed by atoms with van der Waals surface area (Å²) in [5, 5.41) is 2.75. The molecule has 1 fully saturated rings. The van der Waals surface area contributed by atoms with Gasteiger partial charge < -0.3 is 10.1 Å². The summed E-state index contributed by atoms with van der Waals surface area (Å²) in [5.74, 6) is 0.283. The zero-order valence-electron chi connectivity index (χ0n) is 13.5. The van der Waals surface area contributed by atoms with Gasteiger partial charge in [-0.25, -0.2) is 4.79 Å². The molecule has 0 saturated carbocycles. The Morgan fingerprint density at radius 2 is 1.81 bits per heavy atom. The van der Waals surface area contributed by atoms with Crippen LogP contribution in [0.5, 0.6) is 0 Å². The highest BCUT2D eigenvalue weighted by Gasteiger charge is 2.29. The lowest BCUT2D eigenvalue weighted by atomic mass is 9.98. The number of rotatable bonds is 4. The summed E-state index contributed by atoms with van der Waals surface area (Å²) < 4.78 is 31.8. The van der Waals surface area contributed by atoms with Crippen LogP contribution in [0, 0.1) is 5.92 Å². The van der Waals surface area contributed by atoms with Crippen molar-refractivity contribution in [2.24, 2.45) is 5.92 Å². The number of alkyl carbamates (subject to hydrolysis) is 1. The Morgan fingerprint density at radius 1 is 1.29 bits per heavy atom. The first-order valence-electron chi connectivity index (χ1n) is 7.17. The van der Waals surface area contributed by atoms with Crippen LogP contribution in [-0.2, 0) is 14.9 Å². The Morgan fingerprint density at radius 3 is 2.24 bits per heavy atom. The third kappa shape index (κ3) is 5.80. The molecule has 0 bridgehead atoms. The van der Waals surface area contributed by atoms with Crippen molar-refractivity contribution in [3.63, 3.8) is 0 Å². The summed E-state index contributed by atoms with van der Waals surface area (Å²) in [7, 11) is -0.258. The number of nitrogens with one attached hydrogen (secondary N) is 1. The van der Waals surface area contributed by atoms with Crippen LogP contribution in [0.3, 0.4) is 0 Å². The number of hydrogen-bond donors (Lipinski definition) is 1. The maximum absolute atomic E-state index is 12.0. The Hall–Kier alpha value is -0.860. The van der Waals surface area contributed by atoms with Gasteiger partial charge in [0.15, 0.2) is 0 Å². The minimum Gasteiger partial charge on any atom is -0.444 e. The lowest BCUT2D eigenvalue weighted by Gasteiger charge is -2.32. The molecule has 8 heteroatoms. The molecule has 0 aromatic carbocycles. The molecule has 0 aliphatic carbocycles. The maximum atomic E-state index is 12.0. The molecule has 7 nitrogen and oxygen atoms in total. The SMILES string of the molecule is CN(C)S(=O)(=O)N1CCC(CNC(=O)OC(C)(C)C)CC1. The Bertz CT molecular complexity index is 449. The molecule has 1 rings (SSSR count). The fourth-order valence-corrected chi connectivity index (χ4v) is 3.25. The molecule has 1 saturated heterocycles. The van der Waals surface area contributed by atoms with Crippen LogP contribution in [0.2, 0.25) is 0 Å². The van der Waals surface area contributed by atoms with Crippen molar-refractivity contribution in [3.05, 3.63) is 0 Å². The van der Waals surface area contributed by atoms with Crippen molar-refractivity contribution in [1.82, 2.24) is 13.9 Å². The summed E-state index contributed by atoms with van der Waals surface area (Å²) in [6, 6.07) is 0. The van der Waals surface area contributed by atoms with E-state index in [0.29, 0.717) is 19.6 Å². The molecule has 1 heterocycles. The molecule has 0 unspecified atom stereocenters. The molecule has 1 N–H and O–H groups in total. The van der Waals surface area contributed by atoms with Crippen LogP contribution in [0.25, 0.3) is 0 Å². The number of amides is 1. The molecule has 0 radical (unpaired) electrons. The van der Waals surface area contributed by atoms with E-state index in [9.17, 15) is 13.2 Å². The van der Waals surface area contributed by atoms with Gasteiger partial charge in [-0.1, -0.05) is 0 Å². The van der Waals surface area contributed by atoms with Crippen molar-refractivity contribution >= 4 is 16.3 Å². The molecule has 0 aromatic heterocycles. The van der Waals surface area contributed by atoms with Gasteiger partial charge in [-0.15, -0.1) is 0 Å². The van der Waals surface area contributed by atoms with Gasteiger partial charge in [-0.3, -0.25) is 0 Å². The van der Waals surface area contributed by atoms with Gasteiger partial charge in [-0.2, -0.15) is 17.0 Å². The quantitative estimate of drug-likeness (QED) is 0.839. The van der Waals surface area contributed by atoms with E-state index in [-0.39, 0.29) is 5.92 Å². The van der Waals surface area contributed by atoms with E-state index in [2.05, 4.69) is 5.32 Å². The van der Waals surface area contributed by atoms with E-state index in [0.717, 1.165) is 12.8 Å². The van der Waals surface area contributed by atoms with Crippen LogP contribution in [0.15, 0.2) is 0 Å². The van der Waals surface area contributed by atoms with Crippen LogP contribution in [0.4, 0.5) is 4.79 Å². The average molecular weight is 321 g/mol. The van der Waals surface area contributed by atoms with Crippen molar-refractivity contribution in [3.8, 4) is 0 Å². The standard InChI is InChI=1S/C13H27N3O4S/c1-13(2,3)20-12(17)14-10-11-6-8-16(9-7-11)21(18,19)15(4)5/h11H,6-10H2,1-5H3,(H,14,17). The highest BCUT2D eigenvalue weighted by molar-refractivity contribution is 7.86. The Kier molecular flexibility index (Phi) is 6.01. The lowest BCUT2D eigenvalue weighted by Crippen LogP contribution is -2.46. The molecule has 21 heavy (non-hydrogen) atoms. The third-order valence-electron chi connectivity index (χ3n) is 3.30. The number of carbonyl (C=O) groups is 1. The van der Waals surface area contributed by atoms with Gasteiger partial charge in [0, 0.05) is 33.7 Å². The monoisotopic (exact) mass is 321 g/mol. The first-order valence-corrected chi connectivity index (χ1v) is 8.56. The molecule has 1 aliphatic heterocycles. The van der Waals surface area contributed by atoms with E-state index < -0.39 is 21.9 Å². The maximum Gasteiger partial charge on any atom is 0.407 e. The van der Waals surface area contributed by atoms with Gasteiger partial charge in [0.25, 0.3) is 10.2 Å². The van der Waals surface area contributed by atoms with Gasteiger partial charge in [0.1, 0.15) is 5.60 Å². The minimum atomic E-state index is -3.32. The third-order valence-corrected chi connectivity index (χ3v) is 5.24. The largest absolute Gasteiger partial charge is 0.444 e. The van der Waals surface area contributed by atoms with E-state index in [1.54, 1.807) is 0 Å². The van der Waals surface area contributed by atoms with E-state index in [1.807, 2.05) is 20.8 Å². The number of hydrogen-bond acceptors (Lipinski definition) is 4. The number of piperidine rings is 1. The van der Waals surface area contributed by atoms with Gasteiger partial charge in [0.05, 0.1) is 0 Å². The van der Waals surface area contributed by atoms with Gasteiger partial charge in [-0.05, 0) is 39.5 Å². The van der Waals surface area contributed by atoms with Crippen molar-refractivity contribution in [1.29, 1.82) is 0 Å².